The Morgan fingerprint density at radius 3 is 2.40 bits per heavy atom. The minimum absolute atomic E-state index is 0.165. The Kier molecular flexibility index (Phi) is 8.30. The number of carbonyl (C=O) groups excluding carboxylic acids is 1. The van der Waals surface area contributed by atoms with Gasteiger partial charge in [-0.3, -0.25) is 4.79 Å². The Balaban J connectivity index is 0.000000672. The summed E-state index contributed by atoms with van der Waals surface area (Å²) in [7, 11) is 8.09. The molecule has 0 radical (unpaired) electrons. The lowest BCUT2D eigenvalue weighted by Gasteiger charge is -2.33. The first kappa shape index (κ1) is 25.5. The highest BCUT2D eigenvalue weighted by atomic mass is 32.1. The van der Waals surface area contributed by atoms with Crippen LogP contribution in [0.25, 0.3) is 10.1 Å². The standard InChI is InChI=1S/C23H26FN5OS.C3H9N/c1-28-6-8-29(9-7-28)16-10-18(24)23(26-12-16)27-21-11-17-19(13-25-21)31-20(14-30)22(17)15-4-2-3-5-15;1-4(2)3/h10-15H,2-9H2,1H3,(H,25,26,27);1-3H3. The molecule has 1 aliphatic heterocycles. The van der Waals surface area contributed by atoms with Crippen LogP contribution in [0.1, 0.15) is 46.8 Å². The van der Waals surface area contributed by atoms with Crippen molar-refractivity contribution in [3.63, 3.8) is 0 Å². The van der Waals surface area contributed by atoms with E-state index in [-0.39, 0.29) is 5.82 Å². The number of likely N-dealkylation sites (N-methyl/N-ethyl adjacent to an activating group) is 1. The molecule has 3 aromatic heterocycles. The van der Waals surface area contributed by atoms with Gasteiger partial charge in [0, 0.05) is 43.8 Å². The molecule has 188 valence electrons. The van der Waals surface area contributed by atoms with E-state index in [9.17, 15) is 9.18 Å². The van der Waals surface area contributed by atoms with Crippen LogP contribution in [0.2, 0.25) is 0 Å². The maximum Gasteiger partial charge on any atom is 0.167 e. The maximum absolute atomic E-state index is 14.8. The van der Waals surface area contributed by atoms with Crippen LogP contribution in [-0.4, -0.2) is 80.4 Å². The van der Waals surface area contributed by atoms with E-state index in [1.807, 2.05) is 32.1 Å². The zero-order valence-electron chi connectivity index (χ0n) is 21.1. The van der Waals surface area contributed by atoms with Crippen molar-refractivity contribution in [1.29, 1.82) is 0 Å². The third-order valence-corrected chi connectivity index (χ3v) is 7.54. The summed E-state index contributed by atoms with van der Waals surface area (Å²) in [5.74, 6) is 0.730. The molecule has 2 fully saturated rings. The van der Waals surface area contributed by atoms with E-state index in [4.69, 9.17) is 0 Å². The highest BCUT2D eigenvalue weighted by Crippen LogP contribution is 2.43. The first-order valence-electron chi connectivity index (χ1n) is 12.2. The monoisotopic (exact) mass is 498 g/mol. The van der Waals surface area contributed by atoms with E-state index >= 15 is 0 Å². The number of carbonyl (C=O) groups is 1. The lowest BCUT2D eigenvalue weighted by molar-refractivity contribution is 0.112. The zero-order valence-corrected chi connectivity index (χ0v) is 21.9. The van der Waals surface area contributed by atoms with Crippen LogP contribution in [0.3, 0.4) is 0 Å². The van der Waals surface area contributed by atoms with Gasteiger partial charge >= 0.3 is 0 Å². The minimum Gasteiger partial charge on any atom is -0.368 e. The fraction of sp³-hybridized carbons (Fsp3) is 0.500. The van der Waals surface area contributed by atoms with Gasteiger partial charge in [0.25, 0.3) is 0 Å². The van der Waals surface area contributed by atoms with Gasteiger partial charge in [0.05, 0.1) is 21.5 Å². The minimum atomic E-state index is -0.395. The number of piperazine rings is 1. The zero-order chi connectivity index (χ0) is 24.9. The number of aromatic nitrogens is 2. The number of hydrogen-bond acceptors (Lipinski definition) is 8. The molecular weight excluding hydrogens is 463 g/mol. The normalized spacial score (nSPS) is 17.0. The third-order valence-electron chi connectivity index (χ3n) is 6.46. The van der Waals surface area contributed by atoms with Gasteiger partial charge in [-0.15, -0.1) is 11.3 Å². The summed E-state index contributed by atoms with van der Waals surface area (Å²) in [5, 5.41) is 4.09. The average Bonchev–Trinajstić information content (AvgIpc) is 3.47. The third kappa shape index (κ3) is 6.15. The molecule has 0 unspecified atom stereocenters. The lowest BCUT2D eigenvalue weighted by atomic mass is 9.95. The number of fused-ring (bicyclic) bond motifs is 1. The van der Waals surface area contributed by atoms with Gasteiger partial charge < -0.3 is 20.0 Å². The average molecular weight is 499 g/mol. The number of anilines is 3. The van der Waals surface area contributed by atoms with E-state index in [0.29, 0.717) is 11.7 Å². The molecule has 0 aromatic carbocycles. The summed E-state index contributed by atoms with van der Waals surface area (Å²) in [6, 6.07) is 3.47. The molecule has 0 amide bonds. The lowest BCUT2D eigenvalue weighted by Crippen LogP contribution is -2.44. The molecule has 1 N–H and O–H groups in total. The summed E-state index contributed by atoms with van der Waals surface area (Å²) in [4.78, 5) is 27.6. The van der Waals surface area contributed by atoms with Crippen molar-refractivity contribution >= 4 is 45.0 Å². The largest absolute Gasteiger partial charge is 0.368 e. The van der Waals surface area contributed by atoms with Crippen molar-refractivity contribution in [2.24, 2.45) is 0 Å². The topological polar surface area (TPSA) is 64.6 Å². The molecular formula is C26H35FN6OS. The van der Waals surface area contributed by atoms with Gasteiger partial charge in [-0.25, -0.2) is 14.4 Å². The number of nitrogens with one attached hydrogen (secondary N) is 1. The van der Waals surface area contributed by atoms with Crippen molar-refractivity contribution in [2.75, 3.05) is 64.6 Å². The van der Waals surface area contributed by atoms with Crippen LogP contribution in [0.4, 0.5) is 21.7 Å². The summed E-state index contributed by atoms with van der Waals surface area (Å²) in [6.07, 6.45) is 9.07. The van der Waals surface area contributed by atoms with Gasteiger partial charge in [-0.2, -0.15) is 0 Å². The van der Waals surface area contributed by atoms with Crippen molar-refractivity contribution in [3.05, 3.63) is 40.8 Å². The first-order chi connectivity index (χ1) is 16.9. The number of hydrogen-bond donors (Lipinski definition) is 1. The predicted molar refractivity (Wildman–Crippen MR) is 143 cm³/mol. The van der Waals surface area contributed by atoms with E-state index < -0.39 is 5.82 Å². The van der Waals surface area contributed by atoms with Gasteiger partial charge in [0.15, 0.2) is 17.9 Å². The van der Waals surface area contributed by atoms with Crippen molar-refractivity contribution in [3.8, 4) is 0 Å². The number of aldehydes is 1. The van der Waals surface area contributed by atoms with Crippen LogP contribution < -0.4 is 10.2 Å². The second-order valence-corrected chi connectivity index (χ2v) is 10.9. The molecule has 4 heterocycles. The second-order valence-electron chi connectivity index (χ2n) is 9.83. The molecule has 1 aliphatic carbocycles. The molecule has 0 bridgehead atoms. The second kappa shape index (κ2) is 11.4. The van der Waals surface area contributed by atoms with Gasteiger partial charge in [-0.05, 0) is 58.6 Å². The summed E-state index contributed by atoms with van der Waals surface area (Å²) < 4.78 is 15.8. The molecule has 1 saturated heterocycles. The van der Waals surface area contributed by atoms with Crippen LogP contribution in [0, 0.1) is 5.82 Å². The van der Waals surface area contributed by atoms with E-state index in [1.54, 1.807) is 12.4 Å². The quantitative estimate of drug-likeness (QED) is 0.498. The molecule has 1 saturated carbocycles. The van der Waals surface area contributed by atoms with E-state index in [0.717, 1.165) is 71.5 Å². The molecule has 0 atom stereocenters. The van der Waals surface area contributed by atoms with Crippen LogP contribution in [0.15, 0.2) is 24.5 Å². The summed E-state index contributed by atoms with van der Waals surface area (Å²) in [5.41, 5.74) is 1.94. The highest BCUT2D eigenvalue weighted by Gasteiger charge is 2.25. The summed E-state index contributed by atoms with van der Waals surface area (Å²) >= 11 is 1.49. The Morgan fingerprint density at radius 1 is 1.09 bits per heavy atom. The van der Waals surface area contributed by atoms with Gasteiger partial charge in [0.2, 0.25) is 0 Å². The van der Waals surface area contributed by atoms with Crippen molar-refractivity contribution in [2.45, 2.75) is 31.6 Å². The molecule has 7 nitrogen and oxygen atoms in total. The SMILES string of the molecule is CN(C)C.CN1CCN(c2cnc(Nc3cc4c(C5CCCC5)c(C=O)sc4cn3)c(F)c2)CC1. The van der Waals surface area contributed by atoms with Crippen LogP contribution >= 0.6 is 11.3 Å². The van der Waals surface area contributed by atoms with Gasteiger partial charge in [0.1, 0.15) is 5.82 Å². The smallest absolute Gasteiger partial charge is 0.167 e. The molecule has 5 rings (SSSR count). The van der Waals surface area contributed by atoms with E-state index in [2.05, 4.69) is 32.1 Å². The maximum atomic E-state index is 14.8. The number of thiophene rings is 1. The summed E-state index contributed by atoms with van der Waals surface area (Å²) in [6.45, 7) is 3.64. The van der Waals surface area contributed by atoms with Crippen LogP contribution in [0.5, 0.6) is 0 Å². The molecule has 0 spiro atoms. The Hall–Kier alpha value is -2.62. The molecule has 35 heavy (non-hydrogen) atoms. The fourth-order valence-electron chi connectivity index (χ4n) is 4.71. The Labute approximate surface area is 211 Å². The molecule has 3 aromatic rings. The predicted octanol–water partition coefficient (Wildman–Crippen LogP) is 4.97. The first-order valence-corrected chi connectivity index (χ1v) is 13.0. The van der Waals surface area contributed by atoms with Crippen LogP contribution in [-0.2, 0) is 0 Å². The van der Waals surface area contributed by atoms with Crippen molar-refractivity contribution < 1.29 is 9.18 Å². The molecule has 9 heteroatoms. The number of pyridine rings is 2. The van der Waals surface area contributed by atoms with Crippen molar-refractivity contribution in [1.82, 2.24) is 19.8 Å². The Morgan fingerprint density at radius 2 is 1.77 bits per heavy atom. The van der Waals surface area contributed by atoms with E-state index in [1.165, 1.54) is 30.2 Å². The molecule has 2 aliphatic rings. The number of nitrogens with zero attached hydrogens (tertiary/aromatic N) is 5. The number of halogens is 1. The Bertz CT molecular complexity index is 1150. The fourth-order valence-corrected chi connectivity index (χ4v) is 5.77. The highest BCUT2D eigenvalue weighted by molar-refractivity contribution is 7.20. The number of rotatable bonds is 5. The van der Waals surface area contributed by atoms with Gasteiger partial charge in [-0.1, -0.05) is 12.8 Å².